The van der Waals surface area contributed by atoms with Crippen LogP contribution in [-0.2, 0) is 22.3 Å². The molecule has 3 heterocycles. The maximum absolute atomic E-state index is 13.5. The Hall–Kier alpha value is -5.08. The molecule has 2 N–H and O–H groups in total. The number of allylic oxidation sites excluding steroid dienone is 1. The Labute approximate surface area is 238 Å². The number of aromatic nitrogens is 3. The number of amides is 1. The molecule has 1 amide bonds. The molecule has 5 aromatic rings. The van der Waals surface area contributed by atoms with Crippen LogP contribution in [0.2, 0.25) is 0 Å². The highest BCUT2D eigenvalue weighted by Crippen LogP contribution is 2.36. The van der Waals surface area contributed by atoms with Gasteiger partial charge in [-0.15, -0.1) is 0 Å². The second-order valence-corrected chi connectivity index (χ2v) is 9.88. The van der Waals surface area contributed by atoms with Crippen LogP contribution < -0.4 is 10.2 Å². The van der Waals surface area contributed by atoms with E-state index in [1.807, 2.05) is 53.4 Å². The van der Waals surface area contributed by atoms with Crippen molar-refractivity contribution in [3.05, 3.63) is 89.9 Å². The predicted octanol–water partition coefficient (Wildman–Crippen LogP) is 6.08. The number of nitrogens with one attached hydrogen (secondary N) is 2. The maximum atomic E-state index is 13.5. The number of carbonyl (C=O) groups excluding carboxylic acids is 1. The van der Waals surface area contributed by atoms with Crippen LogP contribution in [0.3, 0.4) is 0 Å². The first-order valence-corrected chi connectivity index (χ1v) is 13.3. The van der Waals surface area contributed by atoms with Gasteiger partial charge in [0.1, 0.15) is 18.4 Å². The zero-order valence-corrected chi connectivity index (χ0v) is 22.3. The molecule has 0 atom stereocenters. The van der Waals surface area contributed by atoms with E-state index in [0.29, 0.717) is 49.0 Å². The van der Waals surface area contributed by atoms with Crippen molar-refractivity contribution in [3.63, 3.8) is 0 Å². The molecule has 11 heteroatoms. The van der Waals surface area contributed by atoms with Gasteiger partial charge in [-0.2, -0.15) is 18.4 Å². The van der Waals surface area contributed by atoms with E-state index in [9.17, 15) is 23.2 Å². The van der Waals surface area contributed by atoms with E-state index in [1.54, 1.807) is 16.8 Å². The molecular weight excluding hydrogens is 545 g/mol. The second-order valence-electron chi connectivity index (χ2n) is 9.88. The van der Waals surface area contributed by atoms with Crippen LogP contribution in [0, 0.1) is 11.3 Å². The van der Waals surface area contributed by atoms with Gasteiger partial charge in [-0.1, -0.05) is 30.3 Å². The second kappa shape index (κ2) is 11.1. The molecule has 8 nitrogen and oxygen atoms in total. The molecule has 6 rings (SSSR count). The molecule has 0 spiro atoms. The zero-order chi connectivity index (χ0) is 29.3. The molecule has 212 valence electrons. The third kappa shape index (κ3) is 5.44. The lowest BCUT2D eigenvalue weighted by Gasteiger charge is -2.31. The van der Waals surface area contributed by atoms with Crippen molar-refractivity contribution in [1.82, 2.24) is 14.5 Å². The average molecular weight is 571 g/mol. The lowest BCUT2D eigenvalue weighted by atomic mass is 10.1. The van der Waals surface area contributed by atoms with Gasteiger partial charge in [0.25, 0.3) is 0 Å². The van der Waals surface area contributed by atoms with Gasteiger partial charge in [-0.25, -0.2) is 4.98 Å². The minimum Gasteiger partial charge on any atom is -0.378 e. The summed E-state index contributed by atoms with van der Waals surface area (Å²) in [4.78, 5) is 22.9. The fourth-order valence-electron chi connectivity index (χ4n) is 5.15. The van der Waals surface area contributed by atoms with E-state index in [1.165, 1.54) is 6.07 Å². The molecule has 1 aliphatic rings. The number of benzene rings is 3. The third-order valence-electron chi connectivity index (χ3n) is 7.15. The summed E-state index contributed by atoms with van der Waals surface area (Å²) in [5.74, 6) is -0.0635. The van der Waals surface area contributed by atoms with Crippen molar-refractivity contribution in [1.29, 1.82) is 5.26 Å². The Morgan fingerprint density at radius 3 is 2.62 bits per heavy atom. The van der Waals surface area contributed by atoms with Gasteiger partial charge in [0.05, 0.1) is 46.8 Å². The first-order chi connectivity index (χ1) is 20.3. The van der Waals surface area contributed by atoms with Crippen LogP contribution in [0.4, 0.5) is 24.5 Å². The summed E-state index contributed by atoms with van der Waals surface area (Å²) in [7, 11) is 0. The topological polar surface area (TPSA) is 99.0 Å². The molecular formula is C31H25F3N6O2. The van der Waals surface area contributed by atoms with Crippen molar-refractivity contribution in [2.24, 2.45) is 0 Å². The fraction of sp³-hybridized carbons (Fsp3) is 0.194. The molecule has 0 radical (unpaired) electrons. The van der Waals surface area contributed by atoms with Crippen molar-refractivity contribution in [3.8, 4) is 6.07 Å². The van der Waals surface area contributed by atoms with Crippen LogP contribution in [0.25, 0.3) is 33.6 Å². The number of anilines is 2. The van der Waals surface area contributed by atoms with E-state index in [4.69, 9.17) is 4.74 Å². The minimum atomic E-state index is -4.56. The lowest BCUT2D eigenvalue weighted by Crippen LogP contribution is -2.37. The van der Waals surface area contributed by atoms with E-state index in [-0.39, 0.29) is 12.2 Å². The smallest absolute Gasteiger partial charge is 0.378 e. The number of rotatable bonds is 6. The van der Waals surface area contributed by atoms with E-state index in [0.717, 1.165) is 34.1 Å². The molecule has 0 bridgehead atoms. The number of alkyl halides is 3. The highest BCUT2D eigenvalue weighted by molar-refractivity contribution is 6.00. The quantitative estimate of drug-likeness (QED) is 0.241. The molecule has 3 aromatic carbocycles. The normalized spacial score (nSPS) is 14.3. The minimum absolute atomic E-state index is 0.0879. The number of imidazole rings is 1. The number of para-hydroxylation sites is 3. The number of aromatic amines is 1. The summed E-state index contributed by atoms with van der Waals surface area (Å²) in [6.45, 7) is 1.73. The summed E-state index contributed by atoms with van der Waals surface area (Å²) in [6.07, 6.45) is -1.10. The monoisotopic (exact) mass is 570 g/mol. The highest BCUT2D eigenvalue weighted by Gasteiger charge is 2.32. The zero-order valence-electron chi connectivity index (χ0n) is 22.3. The highest BCUT2D eigenvalue weighted by atomic mass is 19.4. The number of nitriles is 1. The maximum Gasteiger partial charge on any atom is 0.416 e. The largest absolute Gasteiger partial charge is 0.416 e. The van der Waals surface area contributed by atoms with Crippen molar-refractivity contribution in [2.75, 3.05) is 36.5 Å². The SMILES string of the molecule is N#C/C(=C\c1cn(CC(=O)Nc2cc(C(F)(F)F)ccc2N2CCOCC2)c2ccccc12)c1nc2ccccc2[nH]1. The number of halogens is 3. The van der Waals surface area contributed by atoms with Gasteiger partial charge in [0.2, 0.25) is 5.91 Å². The third-order valence-corrected chi connectivity index (χ3v) is 7.15. The average Bonchev–Trinajstić information content (AvgIpc) is 3.57. The molecule has 0 aliphatic carbocycles. The standard InChI is InChI=1S/C31H25F3N6O2/c32-31(33,34)22-9-10-28(39-11-13-42-14-12-39)26(16-22)36-29(41)19-40-18-21(23-5-1-4-8-27(23)40)15-20(17-35)30-37-24-6-2-3-7-25(24)38-30/h1-10,15-16,18H,11-14,19H2,(H,36,41)(H,37,38)/b20-15+. The van der Waals surface area contributed by atoms with E-state index in [2.05, 4.69) is 21.4 Å². The van der Waals surface area contributed by atoms with Crippen LogP contribution in [0.15, 0.2) is 72.9 Å². The summed E-state index contributed by atoms with van der Waals surface area (Å²) in [6, 6.07) is 20.5. The van der Waals surface area contributed by atoms with Crippen LogP contribution >= 0.6 is 0 Å². The number of fused-ring (bicyclic) bond motifs is 2. The molecule has 0 saturated carbocycles. The summed E-state index contributed by atoms with van der Waals surface area (Å²) in [5, 5.41) is 13.4. The van der Waals surface area contributed by atoms with Crippen molar-refractivity contribution in [2.45, 2.75) is 12.7 Å². The number of H-pyrrole nitrogens is 1. The summed E-state index contributed by atoms with van der Waals surface area (Å²) < 4.78 is 47.7. The summed E-state index contributed by atoms with van der Waals surface area (Å²) in [5.41, 5.74) is 3.04. The fourth-order valence-corrected chi connectivity index (χ4v) is 5.15. The van der Waals surface area contributed by atoms with Gasteiger partial charge in [-0.05, 0) is 42.5 Å². The Kier molecular flexibility index (Phi) is 7.14. The number of ether oxygens (including phenoxy) is 1. The van der Waals surface area contributed by atoms with Crippen molar-refractivity contribution < 1.29 is 22.7 Å². The Morgan fingerprint density at radius 1 is 1.10 bits per heavy atom. The molecule has 42 heavy (non-hydrogen) atoms. The molecule has 1 aliphatic heterocycles. The van der Waals surface area contributed by atoms with E-state index < -0.39 is 17.6 Å². The van der Waals surface area contributed by atoms with Gasteiger partial charge in [0, 0.05) is 35.8 Å². The van der Waals surface area contributed by atoms with Gasteiger partial charge in [0.15, 0.2) is 0 Å². The van der Waals surface area contributed by atoms with Crippen LogP contribution in [0.1, 0.15) is 17.0 Å². The molecule has 2 aromatic heterocycles. The first kappa shape index (κ1) is 27.1. The summed E-state index contributed by atoms with van der Waals surface area (Å²) >= 11 is 0. The number of morpholine rings is 1. The first-order valence-electron chi connectivity index (χ1n) is 13.3. The van der Waals surface area contributed by atoms with Crippen LogP contribution in [0.5, 0.6) is 0 Å². The molecule has 1 saturated heterocycles. The Balaban J connectivity index is 1.31. The van der Waals surface area contributed by atoms with Gasteiger partial charge >= 0.3 is 6.18 Å². The Bertz CT molecular complexity index is 1830. The number of carbonyl (C=O) groups is 1. The number of nitrogens with zero attached hydrogens (tertiary/aromatic N) is 4. The lowest BCUT2D eigenvalue weighted by molar-refractivity contribution is -0.137. The molecule has 1 fully saturated rings. The molecule has 0 unspecified atom stereocenters. The van der Waals surface area contributed by atoms with Gasteiger partial charge < -0.3 is 24.5 Å². The number of hydrogen-bond acceptors (Lipinski definition) is 5. The van der Waals surface area contributed by atoms with Crippen LogP contribution in [-0.4, -0.2) is 46.7 Å². The van der Waals surface area contributed by atoms with Gasteiger partial charge in [-0.3, -0.25) is 4.79 Å². The Morgan fingerprint density at radius 2 is 1.86 bits per heavy atom. The van der Waals surface area contributed by atoms with E-state index >= 15 is 0 Å². The number of hydrogen-bond donors (Lipinski definition) is 2. The predicted molar refractivity (Wildman–Crippen MR) is 155 cm³/mol. The van der Waals surface area contributed by atoms with Crippen molar-refractivity contribution >= 4 is 50.9 Å².